The topological polar surface area (TPSA) is 102 Å². The van der Waals surface area contributed by atoms with Crippen LogP contribution in [0.5, 0.6) is 0 Å². The number of carbonyl (C=O) groups is 2. The predicted octanol–water partition coefficient (Wildman–Crippen LogP) is 2.44. The van der Waals surface area contributed by atoms with Crippen LogP contribution in [-0.4, -0.2) is 35.7 Å². The van der Waals surface area contributed by atoms with E-state index in [9.17, 15) is 14.7 Å². The molecule has 1 amide bonds. The van der Waals surface area contributed by atoms with E-state index in [0.717, 1.165) is 11.1 Å². The summed E-state index contributed by atoms with van der Waals surface area (Å²) in [5, 5.41) is 13.2. The molecule has 0 unspecified atom stereocenters. The highest BCUT2D eigenvalue weighted by Gasteiger charge is 2.28. The van der Waals surface area contributed by atoms with E-state index in [-0.39, 0.29) is 31.4 Å². The van der Waals surface area contributed by atoms with Gasteiger partial charge in [0.1, 0.15) is 13.2 Å². The van der Waals surface area contributed by atoms with Crippen LogP contribution in [0.15, 0.2) is 60.7 Å². The Labute approximate surface area is 178 Å². The molecule has 0 bridgehead atoms. The third-order valence-corrected chi connectivity index (χ3v) is 5.09. The van der Waals surface area contributed by atoms with Crippen molar-refractivity contribution in [1.29, 1.82) is 0 Å². The van der Waals surface area contributed by atoms with E-state index in [2.05, 4.69) is 5.32 Å². The minimum atomic E-state index is -0.826. The predicted molar refractivity (Wildman–Crippen MR) is 116 cm³/mol. The van der Waals surface area contributed by atoms with Gasteiger partial charge in [0.25, 0.3) is 0 Å². The Bertz CT molecular complexity index is 780. The van der Waals surface area contributed by atoms with Crippen LogP contribution in [0.3, 0.4) is 0 Å². The molecule has 2 rings (SSSR count). The first-order chi connectivity index (χ1) is 14.4. The van der Waals surface area contributed by atoms with Crippen LogP contribution < -0.4 is 11.1 Å². The first-order valence-electron chi connectivity index (χ1n) is 10.3. The molecule has 0 aliphatic heterocycles. The molecule has 0 saturated carbocycles. The second-order valence-electron chi connectivity index (χ2n) is 7.87. The van der Waals surface area contributed by atoms with Crippen LogP contribution >= 0.6 is 0 Å². The molecular formula is C24H32N2O4. The third-order valence-electron chi connectivity index (χ3n) is 5.09. The van der Waals surface area contributed by atoms with Gasteiger partial charge in [-0.15, -0.1) is 0 Å². The minimum Gasteiger partial charge on any atom is -0.460 e. The van der Waals surface area contributed by atoms with Crippen molar-refractivity contribution in [2.75, 3.05) is 6.54 Å². The zero-order valence-electron chi connectivity index (χ0n) is 17.7. The number of benzene rings is 2. The molecule has 2 aromatic rings. The van der Waals surface area contributed by atoms with Crippen molar-refractivity contribution in [3.05, 3.63) is 71.8 Å². The number of nitrogens with one attached hydrogen (secondary N) is 1. The standard InChI is InChI=1S/C24H32N2O4/c1-17(2)20(14-22(27)21(25)13-18-9-5-3-6-10-18)24(29)26-15-23(28)30-16-19-11-7-4-8-12-19/h3-12,17,20-22,27H,13-16,25H2,1-2H3,(H,26,29)/t20-,21+,22+/m1/s1. The molecule has 30 heavy (non-hydrogen) atoms. The Balaban J connectivity index is 1.80. The molecule has 2 aromatic carbocycles. The maximum absolute atomic E-state index is 12.6. The largest absolute Gasteiger partial charge is 0.460 e. The minimum absolute atomic E-state index is 0.0103. The van der Waals surface area contributed by atoms with Crippen LogP contribution in [0.25, 0.3) is 0 Å². The van der Waals surface area contributed by atoms with Crippen LogP contribution in [0.2, 0.25) is 0 Å². The molecular weight excluding hydrogens is 380 g/mol. The van der Waals surface area contributed by atoms with Crippen molar-refractivity contribution in [1.82, 2.24) is 5.32 Å². The van der Waals surface area contributed by atoms with Gasteiger partial charge in [0.05, 0.1) is 6.10 Å². The SMILES string of the molecule is CC(C)[C@@H](C[C@H](O)[C@@H](N)Cc1ccccc1)C(=O)NCC(=O)OCc1ccccc1. The van der Waals surface area contributed by atoms with Crippen molar-refractivity contribution in [2.24, 2.45) is 17.6 Å². The van der Waals surface area contributed by atoms with Crippen molar-refractivity contribution in [2.45, 2.75) is 45.4 Å². The lowest BCUT2D eigenvalue weighted by molar-refractivity contribution is -0.145. The number of amides is 1. The second-order valence-corrected chi connectivity index (χ2v) is 7.87. The fourth-order valence-corrected chi connectivity index (χ4v) is 3.22. The van der Waals surface area contributed by atoms with Crippen molar-refractivity contribution < 1.29 is 19.4 Å². The molecule has 0 spiro atoms. The number of aliphatic hydroxyl groups excluding tert-OH is 1. The van der Waals surface area contributed by atoms with E-state index in [1.54, 1.807) is 0 Å². The molecule has 0 aliphatic carbocycles. The highest BCUT2D eigenvalue weighted by molar-refractivity contribution is 5.83. The van der Waals surface area contributed by atoms with Crippen LogP contribution in [0, 0.1) is 11.8 Å². The number of nitrogens with two attached hydrogens (primary N) is 1. The summed E-state index contributed by atoms with van der Waals surface area (Å²) < 4.78 is 5.18. The van der Waals surface area contributed by atoms with Gasteiger partial charge in [0.15, 0.2) is 0 Å². The number of hydrogen-bond donors (Lipinski definition) is 3. The molecule has 6 nitrogen and oxygen atoms in total. The number of carbonyl (C=O) groups excluding carboxylic acids is 2. The van der Waals surface area contributed by atoms with E-state index in [1.807, 2.05) is 74.5 Å². The Hall–Kier alpha value is -2.70. The lowest BCUT2D eigenvalue weighted by Crippen LogP contribution is -2.43. The lowest BCUT2D eigenvalue weighted by atomic mass is 9.86. The molecule has 3 atom stereocenters. The van der Waals surface area contributed by atoms with Gasteiger partial charge in [-0.1, -0.05) is 74.5 Å². The summed E-state index contributed by atoms with van der Waals surface area (Å²) in [6.45, 7) is 3.78. The summed E-state index contributed by atoms with van der Waals surface area (Å²) >= 11 is 0. The van der Waals surface area contributed by atoms with Gasteiger partial charge in [-0.25, -0.2) is 0 Å². The molecule has 0 fully saturated rings. The maximum Gasteiger partial charge on any atom is 0.325 e. The molecule has 162 valence electrons. The zero-order valence-corrected chi connectivity index (χ0v) is 17.7. The van der Waals surface area contributed by atoms with Crippen LogP contribution in [0.4, 0.5) is 0 Å². The smallest absolute Gasteiger partial charge is 0.325 e. The summed E-state index contributed by atoms with van der Waals surface area (Å²) in [7, 11) is 0. The van der Waals surface area contributed by atoms with E-state index in [1.165, 1.54) is 0 Å². The van der Waals surface area contributed by atoms with Gasteiger partial charge in [-0.3, -0.25) is 9.59 Å². The number of aliphatic hydroxyl groups is 1. The van der Waals surface area contributed by atoms with E-state index in [0.29, 0.717) is 6.42 Å². The Morgan fingerprint density at radius 3 is 2.13 bits per heavy atom. The molecule has 0 radical (unpaired) electrons. The first-order valence-corrected chi connectivity index (χ1v) is 10.3. The van der Waals surface area contributed by atoms with Gasteiger partial charge in [0.2, 0.25) is 5.91 Å². The number of esters is 1. The molecule has 0 aliphatic rings. The Morgan fingerprint density at radius 1 is 1.00 bits per heavy atom. The third kappa shape index (κ3) is 7.97. The Morgan fingerprint density at radius 2 is 1.57 bits per heavy atom. The van der Waals surface area contributed by atoms with Crippen molar-refractivity contribution in [3.8, 4) is 0 Å². The summed E-state index contributed by atoms with van der Waals surface area (Å²) in [6.07, 6.45) is -0.0648. The highest BCUT2D eigenvalue weighted by atomic mass is 16.5. The van der Waals surface area contributed by atoms with Gasteiger partial charge in [-0.2, -0.15) is 0 Å². The van der Waals surface area contributed by atoms with Crippen LogP contribution in [0.1, 0.15) is 31.4 Å². The monoisotopic (exact) mass is 412 g/mol. The number of hydrogen-bond acceptors (Lipinski definition) is 5. The zero-order chi connectivity index (χ0) is 21.9. The van der Waals surface area contributed by atoms with E-state index in [4.69, 9.17) is 10.5 Å². The van der Waals surface area contributed by atoms with Gasteiger partial charge in [-0.05, 0) is 29.9 Å². The van der Waals surface area contributed by atoms with Gasteiger partial charge in [0, 0.05) is 12.0 Å². The summed E-state index contributed by atoms with van der Waals surface area (Å²) in [6, 6.07) is 18.6. The van der Waals surface area contributed by atoms with Gasteiger partial charge < -0.3 is 20.9 Å². The number of rotatable bonds is 11. The van der Waals surface area contributed by atoms with Crippen molar-refractivity contribution >= 4 is 11.9 Å². The average Bonchev–Trinajstić information content (AvgIpc) is 2.75. The first kappa shape index (κ1) is 23.6. The summed E-state index contributed by atoms with van der Waals surface area (Å²) in [5.41, 5.74) is 8.08. The van der Waals surface area contributed by atoms with Gasteiger partial charge >= 0.3 is 5.97 Å². The highest BCUT2D eigenvalue weighted by Crippen LogP contribution is 2.20. The second kappa shape index (κ2) is 12.1. The quantitative estimate of drug-likeness (QED) is 0.492. The maximum atomic E-state index is 12.6. The average molecular weight is 413 g/mol. The molecule has 6 heteroatoms. The fourth-order valence-electron chi connectivity index (χ4n) is 3.22. The van der Waals surface area contributed by atoms with E-state index >= 15 is 0 Å². The van der Waals surface area contributed by atoms with Crippen molar-refractivity contribution in [3.63, 3.8) is 0 Å². The molecule has 0 saturated heterocycles. The van der Waals surface area contributed by atoms with E-state index < -0.39 is 24.0 Å². The molecule has 0 aromatic heterocycles. The van der Waals surface area contributed by atoms with Crippen LogP contribution in [-0.2, 0) is 27.4 Å². The lowest BCUT2D eigenvalue weighted by Gasteiger charge is -2.26. The fraction of sp³-hybridized carbons (Fsp3) is 0.417. The summed E-state index contributed by atoms with van der Waals surface area (Å²) in [4.78, 5) is 24.5. The number of ether oxygens (including phenoxy) is 1. The Kier molecular flexibility index (Phi) is 9.51. The molecule has 4 N–H and O–H groups in total. The molecule has 0 heterocycles. The summed E-state index contributed by atoms with van der Waals surface area (Å²) in [5.74, 6) is -1.25. The normalized spacial score (nSPS) is 14.0.